The van der Waals surface area contributed by atoms with Crippen molar-refractivity contribution in [3.05, 3.63) is 70.7 Å². The fraction of sp³-hybridized carbons (Fsp3) is 0.417. The molecule has 5 nitrogen and oxygen atoms in total. The SMILES string of the molecule is CCOC(=O)OC(c1ccc(Cl)cc1)C(C#N)(O[Si](C)(C)C(C)(C)C)c1ccccc1. The molecule has 0 aromatic heterocycles. The van der Waals surface area contributed by atoms with Crippen molar-refractivity contribution in [3.8, 4) is 6.07 Å². The molecule has 0 N–H and O–H groups in total. The van der Waals surface area contributed by atoms with Gasteiger partial charge in [-0.3, -0.25) is 0 Å². The van der Waals surface area contributed by atoms with Gasteiger partial charge < -0.3 is 13.9 Å². The van der Waals surface area contributed by atoms with Gasteiger partial charge >= 0.3 is 6.16 Å². The monoisotopic (exact) mass is 459 g/mol. The van der Waals surface area contributed by atoms with Gasteiger partial charge in [0, 0.05) is 10.6 Å². The molecule has 2 aromatic rings. The van der Waals surface area contributed by atoms with E-state index in [2.05, 4.69) is 39.9 Å². The fourth-order valence-corrected chi connectivity index (χ4v) is 4.43. The number of hydrogen-bond acceptors (Lipinski definition) is 5. The number of nitrogens with zero attached hydrogens (tertiary/aromatic N) is 1. The molecule has 0 saturated heterocycles. The van der Waals surface area contributed by atoms with Gasteiger partial charge in [-0.05, 0) is 42.8 Å². The van der Waals surface area contributed by atoms with Gasteiger partial charge in [0.05, 0.1) is 6.61 Å². The Hall–Kier alpha value is -2.33. The van der Waals surface area contributed by atoms with E-state index in [0.29, 0.717) is 16.1 Å². The fourth-order valence-electron chi connectivity index (χ4n) is 2.92. The highest BCUT2D eigenvalue weighted by Crippen LogP contribution is 2.48. The predicted octanol–water partition coefficient (Wildman–Crippen LogP) is 7.00. The molecule has 0 heterocycles. The van der Waals surface area contributed by atoms with Crippen LogP contribution in [0.3, 0.4) is 0 Å². The standard InChI is InChI=1S/C24H30ClNO4Si/c1-7-28-22(27)29-21(18-13-15-20(25)16-14-18)24(17-26,19-11-9-8-10-12-19)30-31(5,6)23(2,3)4/h8-16,21H,7H2,1-6H3. The summed E-state index contributed by atoms with van der Waals surface area (Å²) in [5.74, 6) is 0. The van der Waals surface area contributed by atoms with Gasteiger partial charge in [-0.25, -0.2) is 4.79 Å². The minimum absolute atomic E-state index is 0.153. The number of hydrogen-bond donors (Lipinski definition) is 0. The summed E-state index contributed by atoms with van der Waals surface area (Å²) < 4.78 is 17.6. The number of nitriles is 1. The summed E-state index contributed by atoms with van der Waals surface area (Å²) in [5, 5.41) is 10.9. The summed E-state index contributed by atoms with van der Waals surface area (Å²) >= 11 is 6.08. The van der Waals surface area contributed by atoms with E-state index in [1.165, 1.54) is 0 Å². The average Bonchev–Trinajstić information content (AvgIpc) is 2.71. The van der Waals surface area contributed by atoms with Crippen LogP contribution in [-0.4, -0.2) is 21.1 Å². The van der Waals surface area contributed by atoms with Gasteiger partial charge in [-0.2, -0.15) is 5.26 Å². The minimum atomic E-state index is -2.50. The lowest BCUT2D eigenvalue weighted by Crippen LogP contribution is -2.51. The molecule has 31 heavy (non-hydrogen) atoms. The summed E-state index contributed by atoms with van der Waals surface area (Å²) in [6, 6.07) is 18.4. The van der Waals surface area contributed by atoms with Crippen molar-refractivity contribution in [3.63, 3.8) is 0 Å². The molecule has 0 bridgehead atoms. The largest absolute Gasteiger partial charge is 0.509 e. The van der Waals surface area contributed by atoms with Crippen LogP contribution in [0.5, 0.6) is 0 Å². The average molecular weight is 460 g/mol. The predicted molar refractivity (Wildman–Crippen MR) is 124 cm³/mol. The number of carbonyl (C=O) groups is 1. The van der Waals surface area contributed by atoms with Crippen LogP contribution in [0.2, 0.25) is 23.2 Å². The summed E-state index contributed by atoms with van der Waals surface area (Å²) in [6.45, 7) is 12.2. The van der Waals surface area contributed by atoms with Crippen LogP contribution in [0.4, 0.5) is 4.79 Å². The van der Waals surface area contributed by atoms with E-state index in [0.717, 1.165) is 0 Å². The molecule has 2 atom stereocenters. The van der Waals surface area contributed by atoms with Crippen LogP contribution in [-0.2, 0) is 19.5 Å². The van der Waals surface area contributed by atoms with E-state index in [1.807, 2.05) is 30.3 Å². The van der Waals surface area contributed by atoms with E-state index in [9.17, 15) is 10.1 Å². The summed E-state index contributed by atoms with van der Waals surface area (Å²) in [4.78, 5) is 12.4. The highest BCUT2D eigenvalue weighted by atomic mass is 35.5. The zero-order chi connectivity index (χ0) is 23.3. The zero-order valence-corrected chi connectivity index (χ0v) is 20.7. The van der Waals surface area contributed by atoms with Crippen LogP contribution in [0.1, 0.15) is 44.9 Å². The molecule has 0 amide bonds. The first-order valence-corrected chi connectivity index (χ1v) is 13.5. The molecule has 0 saturated carbocycles. The summed E-state index contributed by atoms with van der Waals surface area (Å²) in [7, 11) is -2.50. The molecule has 0 spiro atoms. The molecule has 0 aliphatic heterocycles. The molecular weight excluding hydrogens is 430 g/mol. The van der Waals surface area contributed by atoms with E-state index < -0.39 is 26.2 Å². The Kier molecular flexibility index (Phi) is 7.93. The first-order chi connectivity index (χ1) is 14.5. The van der Waals surface area contributed by atoms with Crippen molar-refractivity contribution in [2.75, 3.05) is 6.61 Å². The maximum absolute atomic E-state index is 12.4. The zero-order valence-electron chi connectivity index (χ0n) is 18.9. The van der Waals surface area contributed by atoms with Crippen molar-refractivity contribution >= 4 is 26.1 Å². The molecule has 2 aromatic carbocycles. The minimum Gasteiger partial charge on any atom is -0.435 e. The Morgan fingerprint density at radius 1 is 1.10 bits per heavy atom. The quantitative estimate of drug-likeness (QED) is 0.329. The highest BCUT2D eigenvalue weighted by molar-refractivity contribution is 6.74. The van der Waals surface area contributed by atoms with Crippen LogP contribution >= 0.6 is 11.6 Å². The molecular formula is C24H30ClNO4Si. The van der Waals surface area contributed by atoms with Crippen molar-refractivity contribution in [1.82, 2.24) is 0 Å². The van der Waals surface area contributed by atoms with Gasteiger partial charge in [0.1, 0.15) is 6.07 Å². The molecule has 0 fully saturated rings. The van der Waals surface area contributed by atoms with Crippen LogP contribution in [0.15, 0.2) is 54.6 Å². The van der Waals surface area contributed by atoms with Crippen molar-refractivity contribution < 1.29 is 18.7 Å². The van der Waals surface area contributed by atoms with Crippen molar-refractivity contribution in [1.29, 1.82) is 5.26 Å². The van der Waals surface area contributed by atoms with Gasteiger partial charge in [-0.1, -0.05) is 74.8 Å². The van der Waals surface area contributed by atoms with Crippen LogP contribution in [0.25, 0.3) is 0 Å². The number of ether oxygens (including phenoxy) is 2. The normalized spacial score (nSPS) is 14.8. The molecule has 166 valence electrons. The number of carbonyl (C=O) groups excluding carboxylic acids is 1. The Morgan fingerprint density at radius 3 is 2.16 bits per heavy atom. The molecule has 0 radical (unpaired) electrons. The van der Waals surface area contributed by atoms with Crippen molar-refractivity contribution in [2.24, 2.45) is 0 Å². The lowest BCUT2D eigenvalue weighted by Gasteiger charge is -2.45. The van der Waals surface area contributed by atoms with E-state index in [1.54, 1.807) is 31.2 Å². The second-order valence-corrected chi connectivity index (χ2v) is 14.0. The second-order valence-electron chi connectivity index (χ2n) is 8.81. The van der Waals surface area contributed by atoms with Gasteiger partial charge in [0.25, 0.3) is 0 Å². The van der Waals surface area contributed by atoms with Crippen LogP contribution < -0.4 is 0 Å². The third kappa shape index (κ3) is 5.68. The smallest absolute Gasteiger partial charge is 0.435 e. The first-order valence-electron chi connectivity index (χ1n) is 10.2. The number of halogens is 1. The maximum atomic E-state index is 12.4. The Balaban J connectivity index is 2.75. The van der Waals surface area contributed by atoms with Gasteiger partial charge in [0.15, 0.2) is 14.4 Å². The summed E-state index contributed by atoms with van der Waals surface area (Å²) in [5.41, 5.74) is -0.390. The Morgan fingerprint density at radius 2 is 1.68 bits per heavy atom. The first kappa shape index (κ1) is 24.9. The third-order valence-corrected chi connectivity index (χ3v) is 10.3. The lowest BCUT2D eigenvalue weighted by molar-refractivity contribution is -0.0631. The number of rotatable bonds is 7. The lowest BCUT2D eigenvalue weighted by atomic mass is 9.85. The Labute approximate surface area is 191 Å². The molecule has 2 unspecified atom stereocenters. The van der Waals surface area contributed by atoms with E-state index in [-0.39, 0.29) is 11.6 Å². The summed E-state index contributed by atoms with van der Waals surface area (Å²) in [6.07, 6.45) is -1.93. The maximum Gasteiger partial charge on any atom is 0.509 e. The van der Waals surface area contributed by atoms with Crippen LogP contribution in [0, 0.1) is 11.3 Å². The van der Waals surface area contributed by atoms with E-state index in [4.69, 9.17) is 25.5 Å². The molecule has 0 aliphatic rings. The van der Waals surface area contributed by atoms with Gasteiger partial charge in [0.2, 0.25) is 5.60 Å². The highest BCUT2D eigenvalue weighted by Gasteiger charge is 2.52. The van der Waals surface area contributed by atoms with E-state index >= 15 is 0 Å². The van der Waals surface area contributed by atoms with Crippen molar-refractivity contribution in [2.45, 2.75) is 57.5 Å². The third-order valence-electron chi connectivity index (χ3n) is 5.61. The Bertz CT molecular complexity index is 919. The molecule has 2 rings (SSSR count). The number of benzene rings is 2. The molecule has 7 heteroatoms. The van der Waals surface area contributed by atoms with Gasteiger partial charge in [-0.15, -0.1) is 0 Å². The molecule has 0 aliphatic carbocycles. The topological polar surface area (TPSA) is 68.5 Å². The second kappa shape index (κ2) is 9.86.